The molecule has 0 amide bonds. The summed E-state index contributed by atoms with van der Waals surface area (Å²) < 4.78 is 5.29. The van der Waals surface area contributed by atoms with Gasteiger partial charge in [0.1, 0.15) is 16.8 Å². The largest absolute Gasteiger partial charge is 0.511 e. The number of carbonyl (C=O) groups excluding carboxylic acids is 1. The summed E-state index contributed by atoms with van der Waals surface area (Å²) in [4.78, 5) is 13.7. The lowest BCUT2D eigenvalue weighted by molar-refractivity contribution is -0.139. The van der Waals surface area contributed by atoms with E-state index in [1.54, 1.807) is 11.7 Å². The van der Waals surface area contributed by atoms with Crippen LogP contribution in [0.25, 0.3) is 16.7 Å². The van der Waals surface area contributed by atoms with Crippen LogP contribution in [-0.2, 0) is 16.0 Å². The Morgan fingerprint density at radius 3 is 2.14 bits per heavy atom. The fourth-order valence-electron chi connectivity index (χ4n) is 2.80. The van der Waals surface area contributed by atoms with Crippen molar-refractivity contribution in [3.8, 4) is 5.69 Å². The molecule has 1 heterocycles. The van der Waals surface area contributed by atoms with Crippen LogP contribution in [-0.4, -0.2) is 32.7 Å². The third-order valence-corrected chi connectivity index (χ3v) is 4.45. The average molecular weight is 379 g/mol. The fourth-order valence-corrected chi connectivity index (χ4v) is 2.80. The zero-order chi connectivity index (χ0) is 20.3. The summed E-state index contributed by atoms with van der Waals surface area (Å²) in [7, 11) is 0. The van der Waals surface area contributed by atoms with Gasteiger partial charge < -0.3 is 9.84 Å². The topological polar surface area (TPSA) is 77.2 Å². The molecule has 0 saturated heterocycles. The Labute approximate surface area is 164 Å². The normalized spacial score (nSPS) is 12.7. The van der Waals surface area contributed by atoms with Gasteiger partial charge in [-0.15, -0.1) is 10.2 Å². The van der Waals surface area contributed by atoms with Gasteiger partial charge in [-0.05, 0) is 36.8 Å². The predicted octanol–water partition coefficient (Wildman–Crippen LogP) is 4.38. The number of esters is 1. The van der Waals surface area contributed by atoms with Gasteiger partial charge >= 0.3 is 5.97 Å². The first kappa shape index (κ1) is 19.6. The molecule has 3 rings (SSSR count). The minimum absolute atomic E-state index is 0.0564. The minimum atomic E-state index is -0.489. The molecule has 1 N–H and O–H groups in total. The van der Waals surface area contributed by atoms with Crippen molar-refractivity contribution >= 4 is 17.0 Å². The van der Waals surface area contributed by atoms with Crippen molar-refractivity contribution in [2.24, 2.45) is 5.41 Å². The molecule has 0 spiro atoms. The third kappa shape index (κ3) is 4.39. The summed E-state index contributed by atoms with van der Waals surface area (Å²) in [5.74, 6) is -0.433. The Morgan fingerprint density at radius 2 is 1.61 bits per heavy atom. The highest BCUT2D eigenvalue weighted by Gasteiger charge is 2.22. The molecule has 0 fully saturated rings. The monoisotopic (exact) mass is 379 g/mol. The predicted molar refractivity (Wildman–Crippen MR) is 108 cm³/mol. The van der Waals surface area contributed by atoms with E-state index in [1.807, 2.05) is 69.3 Å². The van der Waals surface area contributed by atoms with Gasteiger partial charge in [0.05, 0.1) is 17.9 Å². The highest BCUT2D eigenvalue weighted by Crippen LogP contribution is 2.25. The van der Waals surface area contributed by atoms with E-state index in [2.05, 4.69) is 10.2 Å². The number of ether oxygens (including phenoxy) is 1. The molecule has 28 heavy (non-hydrogen) atoms. The third-order valence-electron chi connectivity index (χ3n) is 4.45. The van der Waals surface area contributed by atoms with Gasteiger partial charge in [0.15, 0.2) is 0 Å². The van der Waals surface area contributed by atoms with Crippen molar-refractivity contribution in [1.82, 2.24) is 15.0 Å². The van der Waals surface area contributed by atoms with Crippen LogP contribution >= 0.6 is 0 Å². The second-order valence-electron chi connectivity index (χ2n) is 7.75. The number of fused-ring (bicyclic) bond motifs is 1. The molecule has 0 bridgehead atoms. The van der Waals surface area contributed by atoms with Gasteiger partial charge in [-0.25, -0.2) is 4.79 Å². The first-order valence-electron chi connectivity index (χ1n) is 9.24. The number of aromatic nitrogens is 3. The molecule has 1 aromatic heterocycles. The lowest BCUT2D eigenvalue weighted by Crippen LogP contribution is -2.17. The van der Waals surface area contributed by atoms with Crippen molar-refractivity contribution in [2.45, 2.75) is 34.1 Å². The maximum atomic E-state index is 12.1. The number of carbonyl (C=O) groups is 1. The maximum absolute atomic E-state index is 12.1. The van der Waals surface area contributed by atoms with Crippen molar-refractivity contribution in [3.63, 3.8) is 0 Å². The first-order chi connectivity index (χ1) is 13.3. The van der Waals surface area contributed by atoms with E-state index in [4.69, 9.17) is 4.74 Å². The molecule has 6 heteroatoms. The Morgan fingerprint density at radius 1 is 1.04 bits per heavy atom. The molecule has 146 valence electrons. The zero-order valence-corrected chi connectivity index (χ0v) is 16.6. The van der Waals surface area contributed by atoms with Gasteiger partial charge in [0.25, 0.3) is 0 Å². The van der Waals surface area contributed by atoms with Gasteiger partial charge in [0.2, 0.25) is 0 Å². The molecule has 0 saturated carbocycles. The number of aliphatic hydroxyl groups is 1. The second-order valence-corrected chi connectivity index (χ2v) is 7.75. The molecule has 0 radical (unpaired) electrons. The molecule has 0 aliphatic rings. The Hall–Kier alpha value is -3.15. The summed E-state index contributed by atoms with van der Waals surface area (Å²) in [6, 6.07) is 15.5. The van der Waals surface area contributed by atoms with Crippen LogP contribution in [0.3, 0.4) is 0 Å². The van der Waals surface area contributed by atoms with Crippen LogP contribution < -0.4 is 0 Å². The molecule has 3 aromatic rings. The summed E-state index contributed by atoms with van der Waals surface area (Å²) in [5, 5.41) is 19.0. The van der Waals surface area contributed by atoms with E-state index in [0.29, 0.717) is 6.42 Å². The van der Waals surface area contributed by atoms with Gasteiger partial charge in [-0.2, -0.15) is 4.80 Å². The number of benzene rings is 2. The van der Waals surface area contributed by atoms with Crippen molar-refractivity contribution in [1.29, 1.82) is 0 Å². The molecule has 0 aliphatic heterocycles. The molecule has 0 unspecified atom stereocenters. The van der Waals surface area contributed by atoms with E-state index >= 15 is 0 Å². The fraction of sp³-hybridized carbons (Fsp3) is 0.318. The lowest BCUT2D eigenvalue weighted by Gasteiger charge is -2.19. The SMILES string of the molecule is C/C(C(=O)OCCc1ccc(-n2nc3ccccc3n2)cc1)=C(/O)C(C)(C)C. The van der Waals surface area contributed by atoms with Gasteiger partial charge in [-0.1, -0.05) is 45.0 Å². The van der Waals surface area contributed by atoms with Crippen LogP contribution in [0.15, 0.2) is 59.9 Å². The Balaban J connectivity index is 1.60. The molecular weight excluding hydrogens is 354 g/mol. The number of aliphatic hydroxyl groups excluding tert-OH is 1. The summed E-state index contributed by atoms with van der Waals surface area (Å²) >= 11 is 0. The van der Waals surface area contributed by atoms with Crippen LogP contribution in [0, 0.1) is 5.41 Å². The Bertz CT molecular complexity index is 978. The van der Waals surface area contributed by atoms with E-state index in [9.17, 15) is 9.90 Å². The van der Waals surface area contributed by atoms with E-state index < -0.39 is 11.4 Å². The van der Waals surface area contributed by atoms with Crippen molar-refractivity contribution in [3.05, 3.63) is 65.4 Å². The summed E-state index contributed by atoms with van der Waals surface area (Å²) in [6.45, 7) is 7.37. The lowest BCUT2D eigenvalue weighted by atomic mass is 9.91. The number of hydrogen-bond donors (Lipinski definition) is 1. The standard InChI is InChI=1S/C22H25N3O3/c1-15(20(26)22(2,3)4)21(27)28-14-13-16-9-11-17(12-10-16)25-23-18-7-5-6-8-19(18)24-25/h5-12,26H,13-14H2,1-4H3/b20-15-. The van der Waals surface area contributed by atoms with Crippen molar-refractivity contribution < 1.29 is 14.6 Å². The van der Waals surface area contributed by atoms with Crippen LogP contribution in [0.4, 0.5) is 0 Å². The number of allylic oxidation sites excluding steroid dienone is 1. The first-order valence-corrected chi connectivity index (χ1v) is 9.24. The van der Waals surface area contributed by atoms with Crippen molar-refractivity contribution in [2.75, 3.05) is 6.61 Å². The molecule has 2 aromatic carbocycles. The maximum Gasteiger partial charge on any atom is 0.337 e. The van der Waals surface area contributed by atoms with Gasteiger partial charge in [0, 0.05) is 11.8 Å². The molecular formula is C22H25N3O3. The molecule has 6 nitrogen and oxygen atoms in total. The average Bonchev–Trinajstić information content (AvgIpc) is 3.10. The number of nitrogens with zero attached hydrogens (tertiary/aromatic N) is 3. The van der Waals surface area contributed by atoms with Crippen LogP contribution in [0.1, 0.15) is 33.3 Å². The number of hydrogen-bond acceptors (Lipinski definition) is 5. The van der Waals surface area contributed by atoms with E-state index in [0.717, 1.165) is 22.3 Å². The second kappa shape index (κ2) is 7.84. The summed E-state index contributed by atoms with van der Waals surface area (Å²) in [6.07, 6.45) is 0.587. The van der Waals surface area contributed by atoms with Gasteiger partial charge in [-0.3, -0.25) is 0 Å². The highest BCUT2D eigenvalue weighted by atomic mass is 16.5. The summed E-state index contributed by atoms with van der Waals surface area (Å²) in [5.41, 5.74) is 3.37. The highest BCUT2D eigenvalue weighted by molar-refractivity contribution is 5.88. The van der Waals surface area contributed by atoms with Crippen LogP contribution in [0.5, 0.6) is 0 Å². The molecule has 0 aliphatic carbocycles. The van der Waals surface area contributed by atoms with E-state index in [-0.39, 0.29) is 17.9 Å². The van der Waals surface area contributed by atoms with Crippen LogP contribution in [0.2, 0.25) is 0 Å². The smallest absolute Gasteiger partial charge is 0.337 e. The minimum Gasteiger partial charge on any atom is -0.511 e. The number of rotatable bonds is 5. The zero-order valence-electron chi connectivity index (χ0n) is 16.6. The van der Waals surface area contributed by atoms with E-state index in [1.165, 1.54) is 0 Å². The Kier molecular flexibility index (Phi) is 5.49. The quantitative estimate of drug-likeness (QED) is 0.404. The molecule has 0 atom stereocenters.